The summed E-state index contributed by atoms with van der Waals surface area (Å²) < 4.78 is 7.51. The van der Waals surface area contributed by atoms with Crippen molar-refractivity contribution in [2.24, 2.45) is 13.0 Å². The Hall–Kier alpha value is -2.86. The first-order valence-corrected chi connectivity index (χ1v) is 12.5. The van der Waals surface area contributed by atoms with Crippen LogP contribution < -0.4 is 0 Å². The van der Waals surface area contributed by atoms with Crippen LogP contribution in [0.2, 0.25) is 0 Å². The van der Waals surface area contributed by atoms with Gasteiger partial charge in [0.2, 0.25) is 0 Å². The number of amides is 1. The van der Waals surface area contributed by atoms with Crippen molar-refractivity contribution in [1.29, 1.82) is 0 Å². The number of hydrogen-bond donors (Lipinski definition) is 0. The largest absolute Gasteiger partial charge is 0.466 e. The van der Waals surface area contributed by atoms with Gasteiger partial charge in [0.25, 0.3) is 5.91 Å². The van der Waals surface area contributed by atoms with Crippen LogP contribution in [0.15, 0.2) is 59.1 Å². The lowest BCUT2D eigenvalue weighted by molar-refractivity contribution is 0.0582. The molecule has 0 N–H and O–H groups in total. The number of hydrogen-bond acceptors (Lipinski definition) is 4. The molecule has 1 aliphatic heterocycles. The van der Waals surface area contributed by atoms with Crippen molar-refractivity contribution in [3.8, 4) is 0 Å². The zero-order valence-corrected chi connectivity index (χ0v) is 21.0. The second-order valence-corrected chi connectivity index (χ2v) is 9.86. The third-order valence-electron chi connectivity index (χ3n) is 7.34. The van der Waals surface area contributed by atoms with Crippen molar-refractivity contribution in [1.82, 2.24) is 19.6 Å². The molecule has 1 fully saturated rings. The van der Waals surface area contributed by atoms with Crippen LogP contribution in [0.25, 0.3) is 0 Å². The summed E-state index contributed by atoms with van der Waals surface area (Å²) in [6.07, 6.45) is 6.01. The van der Waals surface area contributed by atoms with Gasteiger partial charge in [0.05, 0.1) is 0 Å². The number of rotatable bonds is 9. The van der Waals surface area contributed by atoms with Crippen LogP contribution in [0.3, 0.4) is 0 Å². The van der Waals surface area contributed by atoms with Crippen molar-refractivity contribution >= 4 is 5.91 Å². The van der Waals surface area contributed by atoms with Crippen LogP contribution in [0.4, 0.5) is 0 Å². The Bertz CT molecular complexity index is 1050. The predicted octanol–water partition coefficient (Wildman–Crippen LogP) is 4.91. The number of aromatic nitrogens is 2. The Morgan fingerprint density at radius 1 is 1.15 bits per heavy atom. The SMILES string of the molecule is Cc1ccc(C(C)CCN2CCC(C(Cc3ccccc3)N(C)C(=O)c3ccn(C)n3)CC2)o1. The maximum Gasteiger partial charge on any atom is 0.274 e. The van der Waals surface area contributed by atoms with E-state index in [2.05, 4.69) is 47.3 Å². The van der Waals surface area contributed by atoms with E-state index in [1.165, 1.54) is 5.56 Å². The maximum atomic E-state index is 13.2. The fourth-order valence-corrected chi connectivity index (χ4v) is 5.13. The minimum atomic E-state index is 0.00604. The van der Waals surface area contributed by atoms with Gasteiger partial charge in [0.1, 0.15) is 17.2 Å². The Morgan fingerprint density at radius 3 is 2.50 bits per heavy atom. The summed E-state index contributed by atoms with van der Waals surface area (Å²) in [6, 6.07) is 16.7. The topological polar surface area (TPSA) is 54.5 Å². The molecule has 182 valence electrons. The molecule has 2 aromatic heterocycles. The standard InChI is InChI=1S/C28H38N4O2/c1-21(27-11-10-22(2)34-27)12-17-32-18-13-24(14-19-32)26(20-23-8-6-5-7-9-23)31(4)28(33)25-15-16-30(3)29-25/h5-11,15-16,21,24,26H,12-14,17-20H2,1-4H3. The molecule has 34 heavy (non-hydrogen) atoms. The van der Waals surface area contributed by atoms with E-state index in [1.807, 2.05) is 50.3 Å². The quantitative estimate of drug-likeness (QED) is 0.453. The number of carbonyl (C=O) groups excluding carboxylic acids is 1. The number of benzene rings is 1. The predicted molar refractivity (Wildman–Crippen MR) is 135 cm³/mol. The minimum Gasteiger partial charge on any atom is -0.466 e. The van der Waals surface area contributed by atoms with Crippen LogP contribution in [-0.4, -0.2) is 58.2 Å². The van der Waals surface area contributed by atoms with E-state index in [-0.39, 0.29) is 11.9 Å². The molecule has 0 radical (unpaired) electrons. The molecular weight excluding hydrogens is 424 g/mol. The highest BCUT2D eigenvalue weighted by molar-refractivity contribution is 5.92. The fourth-order valence-electron chi connectivity index (χ4n) is 5.13. The third-order valence-corrected chi connectivity index (χ3v) is 7.34. The van der Waals surface area contributed by atoms with Gasteiger partial charge in [-0.25, -0.2) is 0 Å². The summed E-state index contributed by atoms with van der Waals surface area (Å²) in [5.41, 5.74) is 1.79. The molecule has 4 rings (SSSR count). The van der Waals surface area contributed by atoms with Crippen LogP contribution in [0.5, 0.6) is 0 Å². The van der Waals surface area contributed by atoms with Crippen LogP contribution in [-0.2, 0) is 13.5 Å². The number of furan rings is 1. The lowest BCUT2D eigenvalue weighted by atomic mass is 9.84. The summed E-state index contributed by atoms with van der Waals surface area (Å²) >= 11 is 0. The number of aryl methyl sites for hydroxylation is 2. The molecule has 6 heteroatoms. The number of nitrogens with zero attached hydrogens (tertiary/aromatic N) is 4. The Balaban J connectivity index is 1.38. The van der Waals surface area contributed by atoms with Crippen molar-refractivity contribution in [3.63, 3.8) is 0 Å². The van der Waals surface area contributed by atoms with Crippen LogP contribution in [0, 0.1) is 12.8 Å². The van der Waals surface area contributed by atoms with Crippen molar-refractivity contribution in [2.45, 2.75) is 51.5 Å². The van der Waals surface area contributed by atoms with E-state index < -0.39 is 0 Å². The summed E-state index contributed by atoms with van der Waals surface area (Å²) in [4.78, 5) is 17.8. The Morgan fingerprint density at radius 2 is 1.88 bits per heavy atom. The molecule has 0 spiro atoms. The highest BCUT2D eigenvalue weighted by Gasteiger charge is 2.32. The monoisotopic (exact) mass is 462 g/mol. The van der Waals surface area contributed by atoms with Crippen LogP contribution >= 0.6 is 0 Å². The van der Waals surface area contributed by atoms with Crippen molar-refractivity contribution in [3.05, 3.63) is 77.5 Å². The lowest BCUT2D eigenvalue weighted by Crippen LogP contribution is -2.47. The summed E-state index contributed by atoms with van der Waals surface area (Å²) in [5, 5.41) is 4.36. The first kappa shape index (κ1) is 24.3. The van der Waals surface area contributed by atoms with Gasteiger partial charge < -0.3 is 14.2 Å². The van der Waals surface area contributed by atoms with E-state index in [1.54, 1.807) is 4.68 Å². The van der Waals surface area contributed by atoms with Gasteiger partial charge in [0, 0.05) is 32.3 Å². The normalized spacial score (nSPS) is 16.9. The smallest absolute Gasteiger partial charge is 0.274 e. The fraction of sp³-hybridized carbons (Fsp3) is 0.500. The molecule has 1 aliphatic rings. The molecule has 2 atom stereocenters. The number of carbonyl (C=O) groups is 1. The first-order chi connectivity index (χ1) is 16.4. The first-order valence-electron chi connectivity index (χ1n) is 12.5. The Labute approximate surface area is 203 Å². The second kappa shape index (κ2) is 11.0. The van der Waals surface area contributed by atoms with Gasteiger partial charge in [-0.2, -0.15) is 5.10 Å². The summed E-state index contributed by atoms with van der Waals surface area (Å²) in [5.74, 6) is 2.98. The highest BCUT2D eigenvalue weighted by atomic mass is 16.3. The van der Waals surface area contributed by atoms with Crippen molar-refractivity contribution < 1.29 is 9.21 Å². The van der Waals surface area contributed by atoms with Gasteiger partial charge in [-0.1, -0.05) is 37.3 Å². The molecule has 0 aliphatic carbocycles. The molecule has 1 amide bonds. The molecule has 0 bridgehead atoms. The van der Waals surface area contributed by atoms with Crippen LogP contribution in [0.1, 0.15) is 59.7 Å². The van der Waals surface area contributed by atoms with Gasteiger partial charge in [-0.3, -0.25) is 9.48 Å². The molecule has 1 aromatic carbocycles. The second-order valence-electron chi connectivity index (χ2n) is 9.86. The van der Waals surface area contributed by atoms with Gasteiger partial charge in [-0.15, -0.1) is 0 Å². The zero-order valence-electron chi connectivity index (χ0n) is 21.0. The molecule has 1 saturated heterocycles. The van der Waals surface area contributed by atoms with E-state index in [9.17, 15) is 4.79 Å². The average Bonchev–Trinajstić information content (AvgIpc) is 3.49. The highest BCUT2D eigenvalue weighted by Crippen LogP contribution is 2.28. The zero-order chi connectivity index (χ0) is 24.1. The summed E-state index contributed by atoms with van der Waals surface area (Å²) in [6.45, 7) is 7.48. The number of piperidine rings is 1. The van der Waals surface area contributed by atoms with E-state index in [0.29, 0.717) is 17.5 Å². The van der Waals surface area contributed by atoms with E-state index >= 15 is 0 Å². The molecule has 3 heterocycles. The summed E-state index contributed by atoms with van der Waals surface area (Å²) in [7, 11) is 3.80. The maximum absolute atomic E-state index is 13.2. The molecule has 6 nitrogen and oxygen atoms in total. The number of likely N-dealkylation sites (N-methyl/N-ethyl adjacent to an activating group) is 1. The average molecular weight is 463 g/mol. The molecular formula is C28H38N4O2. The van der Waals surface area contributed by atoms with Crippen molar-refractivity contribution in [2.75, 3.05) is 26.7 Å². The van der Waals surface area contributed by atoms with E-state index in [0.717, 1.165) is 56.8 Å². The molecule has 0 saturated carbocycles. The van der Waals surface area contributed by atoms with Gasteiger partial charge in [-0.05, 0) is 81.9 Å². The number of likely N-dealkylation sites (tertiary alicyclic amines) is 1. The molecule has 3 aromatic rings. The lowest BCUT2D eigenvalue weighted by Gasteiger charge is -2.40. The minimum absolute atomic E-state index is 0.00604. The van der Waals surface area contributed by atoms with E-state index in [4.69, 9.17) is 4.42 Å². The van der Waals surface area contributed by atoms with Gasteiger partial charge >= 0.3 is 0 Å². The van der Waals surface area contributed by atoms with Gasteiger partial charge in [0.15, 0.2) is 0 Å². The molecule has 2 unspecified atom stereocenters. The Kier molecular flexibility index (Phi) is 7.88. The third kappa shape index (κ3) is 5.98.